The van der Waals surface area contributed by atoms with E-state index in [0.29, 0.717) is 0 Å². The standard InChI is InChI=1S/C10H11F3O2/c1-2-15-8-6-4-3-5-7(8)9(14)10(11,12)13/h3-6,9,14H,2H2,1H3/t9-/m0/s1. The fraction of sp³-hybridized carbons (Fsp3) is 0.400. The lowest BCUT2D eigenvalue weighted by molar-refractivity contribution is -0.207. The van der Waals surface area contributed by atoms with E-state index in [-0.39, 0.29) is 17.9 Å². The second-order valence-corrected chi connectivity index (χ2v) is 2.91. The van der Waals surface area contributed by atoms with Crippen molar-refractivity contribution in [2.45, 2.75) is 19.2 Å². The Morgan fingerprint density at radius 1 is 1.33 bits per heavy atom. The first-order chi connectivity index (χ1) is 6.96. The van der Waals surface area contributed by atoms with Crippen molar-refractivity contribution in [2.24, 2.45) is 0 Å². The highest BCUT2D eigenvalue weighted by Gasteiger charge is 2.40. The topological polar surface area (TPSA) is 29.5 Å². The molecule has 1 rings (SSSR count). The number of hydrogen-bond donors (Lipinski definition) is 1. The zero-order chi connectivity index (χ0) is 11.5. The van der Waals surface area contributed by atoms with Crippen LogP contribution < -0.4 is 4.74 Å². The maximum absolute atomic E-state index is 12.2. The number of alkyl halides is 3. The van der Waals surface area contributed by atoms with Crippen LogP contribution in [0.1, 0.15) is 18.6 Å². The first kappa shape index (κ1) is 11.8. The van der Waals surface area contributed by atoms with Gasteiger partial charge in [-0.2, -0.15) is 13.2 Å². The second kappa shape index (κ2) is 4.53. The van der Waals surface area contributed by atoms with E-state index in [4.69, 9.17) is 9.84 Å². The lowest BCUT2D eigenvalue weighted by Gasteiger charge is -2.17. The molecule has 0 aromatic heterocycles. The van der Waals surface area contributed by atoms with Crippen LogP contribution in [-0.2, 0) is 0 Å². The fourth-order valence-corrected chi connectivity index (χ4v) is 1.17. The Morgan fingerprint density at radius 3 is 2.47 bits per heavy atom. The average molecular weight is 220 g/mol. The van der Waals surface area contributed by atoms with Gasteiger partial charge >= 0.3 is 6.18 Å². The quantitative estimate of drug-likeness (QED) is 0.848. The van der Waals surface area contributed by atoms with Gasteiger partial charge in [0.05, 0.1) is 6.61 Å². The van der Waals surface area contributed by atoms with Crippen LogP contribution in [0.25, 0.3) is 0 Å². The minimum Gasteiger partial charge on any atom is -0.493 e. The van der Waals surface area contributed by atoms with Gasteiger partial charge in [-0.3, -0.25) is 0 Å². The van der Waals surface area contributed by atoms with Crippen LogP contribution in [0.15, 0.2) is 24.3 Å². The van der Waals surface area contributed by atoms with Gasteiger partial charge in [0.15, 0.2) is 6.10 Å². The summed E-state index contributed by atoms with van der Waals surface area (Å²) in [6.07, 6.45) is -7.17. The van der Waals surface area contributed by atoms with Gasteiger partial charge in [-0.25, -0.2) is 0 Å². The molecule has 0 unspecified atom stereocenters. The van der Waals surface area contributed by atoms with Crippen LogP contribution in [0.3, 0.4) is 0 Å². The van der Waals surface area contributed by atoms with Gasteiger partial charge in [-0.05, 0) is 13.0 Å². The Morgan fingerprint density at radius 2 is 1.93 bits per heavy atom. The first-order valence-electron chi connectivity index (χ1n) is 4.43. The summed E-state index contributed by atoms with van der Waals surface area (Å²) in [5.41, 5.74) is -0.258. The maximum atomic E-state index is 12.2. The molecule has 0 bridgehead atoms. The Hall–Kier alpha value is -1.23. The highest BCUT2D eigenvalue weighted by Crippen LogP contribution is 2.36. The van der Waals surface area contributed by atoms with Crippen molar-refractivity contribution in [1.29, 1.82) is 0 Å². The number of halogens is 3. The van der Waals surface area contributed by atoms with E-state index in [1.165, 1.54) is 18.2 Å². The Labute approximate surface area is 85.3 Å². The third-order valence-electron chi connectivity index (χ3n) is 1.82. The molecule has 0 spiro atoms. The highest BCUT2D eigenvalue weighted by molar-refractivity contribution is 5.35. The number of aliphatic hydroxyl groups excluding tert-OH is 1. The number of rotatable bonds is 3. The SMILES string of the molecule is CCOc1ccccc1[C@H](O)C(F)(F)F. The summed E-state index contributed by atoms with van der Waals surface area (Å²) >= 11 is 0. The third-order valence-corrected chi connectivity index (χ3v) is 1.82. The summed E-state index contributed by atoms with van der Waals surface area (Å²) in [5.74, 6) is 0.0600. The Kier molecular flexibility index (Phi) is 3.57. The minimum atomic E-state index is -4.67. The predicted molar refractivity (Wildman–Crippen MR) is 48.6 cm³/mol. The van der Waals surface area contributed by atoms with E-state index >= 15 is 0 Å². The molecule has 0 saturated heterocycles. The molecule has 1 atom stereocenters. The molecule has 0 aliphatic heterocycles. The van der Waals surface area contributed by atoms with Gasteiger partial charge in [0, 0.05) is 5.56 Å². The van der Waals surface area contributed by atoms with Crippen molar-refractivity contribution in [3.63, 3.8) is 0 Å². The Bertz CT molecular complexity index is 323. The van der Waals surface area contributed by atoms with E-state index < -0.39 is 12.3 Å². The van der Waals surface area contributed by atoms with Crippen molar-refractivity contribution in [3.8, 4) is 5.75 Å². The minimum absolute atomic E-state index is 0.0600. The van der Waals surface area contributed by atoms with Gasteiger partial charge < -0.3 is 9.84 Å². The van der Waals surface area contributed by atoms with Crippen LogP contribution in [-0.4, -0.2) is 17.9 Å². The monoisotopic (exact) mass is 220 g/mol. The number of aliphatic hydroxyl groups is 1. The molecule has 1 aromatic carbocycles. The fourth-order valence-electron chi connectivity index (χ4n) is 1.17. The number of para-hydroxylation sites is 1. The van der Waals surface area contributed by atoms with Crippen LogP contribution in [0.5, 0.6) is 5.75 Å². The molecule has 0 saturated carbocycles. The van der Waals surface area contributed by atoms with Crippen molar-refractivity contribution in [2.75, 3.05) is 6.61 Å². The van der Waals surface area contributed by atoms with Crippen LogP contribution in [0.4, 0.5) is 13.2 Å². The van der Waals surface area contributed by atoms with E-state index in [2.05, 4.69) is 0 Å². The van der Waals surface area contributed by atoms with Crippen molar-refractivity contribution in [3.05, 3.63) is 29.8 Å². The van der Waals surface area contributed by atoms with E-state index in [1.54, 1.807) is 13.0 Å². The van der Waals surface area contributed by atoms with Gasteiger partial charge in [0.2, 0.25) is 0 Å². The van der Waals surface area contributed by atoms with Crippen molar-refractivity contribution >= 4 is 0 Å². The molecule has 15 heavy (non-hydrogen) atoms. The summed E-state index contributed by atoms with van der Waals surface area (Å²) in [6, 6.07) is 5.57. The molecule has 0 heterocycles. The lowest BCUT2D eigenvalue weighted by Crippen LogP contribution is -2.20. The van der Waals surface area contributed by atoms with Crippen molar-refractivity contribution in [1.82, 2.24) is 0 Å². The number of hydrogen-bond acceptors (Lipinski definition) is 2. The molecular weight excluding hydrogens is 209 g/mol. The molecule has 0 fully saturated rings. The largest absolute Gasteiger partial charge is 0.493 e. The van der Waals surface area contributed by atoms with E-state index in [0.717, 1.165) is 0 Å². The Balaban J connectivity index is 3.02. The average Bonchev–Trinajstić information content (AvgIpc) is 2.17. The predicted octanol–water partition coefficient (Wildman–Crippen LogP) is 2.68. The molecular formula is C10H11F3O2. The molecule has 84 valence electrons. The van der Waals surface area contributed by atoms with Gasteiger partial charge in [0.25, 0.3) is 0 Å². The first-order valence-corrected chi connectivity index (χ1v) is 4.43. The van der Waals surface area contributed by atoms with Crippen molar-refractivity contribution < 1.29 is 23.0 Å². The summed E-state index contributed by atoms with van der Waals surface area (Å²) in [5, 5.41) is 9.06. The summed E-state index contributed by atoms with van der Waals surface area (Å²) in [6.45, 7) is 1.92. The smallest absolute Gasteiger partial charge is 0.418 e. The highest BCUT2D eigenvalue weighted by atomic mass is 19.4. The van der Waals surface area contributed by atoms with Crippen LogP contribution >= 0.6 is 0 Å². The maximum Gasteiger partial charge on any atom is 0.418 e. The van der Waals surface area contributed by atoms with Gasteiger partial charge in [-0.1, -0.05) is 18.2 Å². The molecule has 0 aliphatic rings. The van der Waals surface area contributed by atoms with Crippen LogP contribution in [0, 0.1) is 0 Å². The molecule has 0 aliphatic carbocycles. The van der Waals surface area contributed by atoms with E-state index in [1.807, 2.05) is 0 Å². The lowest BCUT2D eigenvalue weighted by atomic mass is 10.1. The summed E-state index contributed by atoms with van der Waals surface area (Å²) < 4.78 is 41.7. The molecule has 0 amide bonds. The second-order valence-electron chi connectivity index (χ2n) is 2.91. The zero-order valence-electron chi connectivity index (χ0n) is 8.08. The normalized spacial score (nSPS) is 13.7. The number of benzene rings is 1. The van der Waals surface area contributed by atoms with E-state index in [9.17, 15) is 13.2 Å². The zero-order valence-corrected chi connectivity index (χ0v) is 8.08. The summed E-state index contributed by atoms with van der Waals surface area (Å²) in [7, 11) is 0. The van der Waals surface area contributed by atoms with Gasteiger partial charge in [-0.15, -0.1) is 0 Å². The third kappa shape index (κ3) is 2.86. The molecule has 0 radical (unpaired) electrons. The molecule has 1 N–H and O–H groups in total. The molecule has 2 nitrogen and oxygen atoms in total. The molecule has 1 aromatic rings. The number of ether oxygens (including phenoxy) is 1. The molecule has 5 heteroatoms. The summed E-state index contributed by atoms with van der Waals surface area (Å²) in [4.78, 5) is 0. The van der Waals surface area contributed by atoms with Crippen LogP contribution in [0.2, 0.25) is 0 Å². The van der Waals surface area contributed by atoms with Gasteiger partial charge in [0.1, 0.15) is 5.75 Å².